The van der Waals surface area contributed by atoms with Crippen molar-refractivity contribution in [3.8, 4) is 0 Å². The lowest BCUT2D eigenvalue weighted by atomic mass is 9.90. The number of benzene rings is 1. The number of nitrogens with zero attached hydrogens (tertiary/aromatic N) is 2. The number of amides is 1. The molecular weight excluding hydrogens is 427 g/mol. The fraction of sp³-hybridized carbons (Fsp3) is 0.474. The van der Waals surface area contributed by atoms with Gasteiger partial charge in [-0.15, -0.1) is 30.6 Å². The third kappa shape index (κ3) is 7.46. The van der Waals surface area contributed by atoms with Gasteiger partial charge in [0.1, 0.15) is 0 Å². The third-order valence-corrected chi connectivity index (χ3v) is 4.38. The summed E-state index contributed by atoms with van der Waals surface area (Å²) < 4.78 is 0. The van der Waals surface area contributed by atoms with E-state index >= 15 is 0 Å². The Labute approximate surface area is 168 Å². The van der Waals surface area contributed by atoms with Crippen molar-refractivity contribution in [3.05, 3.63) is 48.6 Å². The molecule has 2 rings (SSSR count). The molecular formula is C19H29IN4O. The van der Waals surface area contributed by atoms with E-state index in [4.69, 9.17) is 0 Å². The maximum Gasteiger partial charge on any atom is 0.241 e. The SMILES string of the molecule is C=CCNC(=NC)NCC(=O)N1CCC(Cc2ccccc2)CC1.I. The van der Waals surface area contributed by atoms with E-state index < -0.39 is 0 Å². The number of piperidine rings is 1. The highest BCUT2D eigenvalue weighted by Crippen LogP contribution is 2.21. The van der Waals surface area contributed by atoms with Gasteiger partial charge in [-0.05, 0) is 30.7 Å². The van der Waals surface area contributed by atoms with Crippen molar-refractivity contribution in [2.75, 3.05) is 33.2 Å². The summed E-state index contributed by atoms with van der Waals surface area (Å²) in [4.78, 5) is 18.3. The van der Waals surface area contributed by atoms with Crippen LogP contribution in [-0.2, 0) is 11.2 Å². The summed E-state index contributed by atoms with van der Waals surface area (Å²) in [6.45, 7) is 6.24. The van der Waals surface area contributed by atoms with E-state index in [9.17, 15) is 4.79 Å². The number of hydrogen-bond donors (Lipinski definition) is 2. The maximum absolute atomic E-state index is 12.3. The van der Waals surface area contributed by atoms with Crippen molar-refractivity contribution >= 4 is 35.8 Å². The molecule has 138 valence electrons. The minimum absolute atomic E-state index is 0. The number of halogens is 1. The Bertz CT molecular complexity index is 554. The highest BCUT2D eigenvalue weighted by Gasteiger charge is 2.22. The quantitative estimate of drug-likeness (QED) is 0.299. The Kier molecular flexibility index (Phi) is 10.2. The number of aliphatic imine (C=N–C) groups is 1. The van der Waals surface area contributed by atoms with E-state index in [0.29, 0.717) is 18.4 Å². The normalized spacial score (nSPS) is 15.2. The van der Waals surface area contributed by atoms with E-state index in [1.165, 1.54) is 5.56 Å². The Hall–Kier alpha value is -1.57. The number of nitrogens with one attached hydrogen (secondary N) is 2. The molecule has 6 heteroatoms. The van der Waals surface area contributed by atoms with Gasteiger partial charge in [-0.3, -0.25) is 9.79 Å². The second-order valence-electron chi connectivity index (χ2n) is 6.11. The summed E-state index contributed by atoms with van der Waals surface area (Å²) in [7, 11) is 1.69. The predicted molar refractivity (Wildman–Crippen MR) is 114 cm³/mol. The largest absolute Gasteiger partial charge is 0.353 e. The Morgan fingerprint density at radius 3 is 2.56 bits per heavy atom. The number of hydrogen-bond acceptors (Lipinski definition) is 2. The van der Waals surface area contributed by atoms with E-state index in [0.717, 1.165) is 32.4 Å². The molecule has 1 saturated heterocycles. The van der Waals surface area contributed by atoms with Crippen molar-refractivity contribution < 1.29 is 4.79 Å². The molecule has 1 aromatic carbocycles. The molecule has 0 bridgehead atoms. The average Bonchev–Trinajstić information content (AvgIpc) is 2.63. The first kappa shape index (κ1) is 21.5. The van der Waals surface area contributed by atoms with Crippen molar-refractivity contribution in [3.63, 3.8) is 0 Å². The maximum atomic E-state index is 12.3. The van der Waals surface area contributed by atoms with Crippen LogP contribution in [0.4, 0.5) is 0 Å². The highest BCUT2D eigenvalue weighted by molar-refractivity contribution is 14.0. The Morgan fingerprint density at radius 1 is 1.28 bits per heavy atom. The zero-order chi connectivity index (χ0) is 17.2. The summed E-state index contributed by atoms with van der Waals surface area (Å²) in [5.74, 6) is 1.43. The first-order chi connectivity index (χ1) is 11.7. The summed E-state index contributed by atoms with van der Waals surface area (Å²) in [6.07, 6.45) is 5.01. The Balaban J connectivity index is 0.00000312. The zero-order valence-electron chi connectivity index (χ0n) is 14.9. The molecule has 1 heterocycles. The van der Waals surface area contributed by atoms with Crippen LogP contribution < -0.4 is 10.6 Å². The molecule has 25 heavy (non-hydrogen) atoms. The summed E-state index contributed by atoms with van der Waals surface area (Å²) in [6, 6.07) is 10.6. The number of guanidine groups is 1. The average molecular weight is 456 g/mol. The second-order valence-corrected chi connectivity index (χ2v) is 6.11. The van der Waals surface area contributed by atoms with Gasteiger partial charge < -0.3 is 15.5 Å². The lowest BCUT2D eigenvalue weighted by Gasteiger charge is -2.32. The second kappa shape index (κ2) is 11.9. The number of carbonyl (C=O) groups is 1. The summed E-state index contributed by atoms with van der Waals surface area (Å²) in [5, 5.41) is 6.11. The fourth-order valence-electron chi connectivity index (χ4n) is 2.99. The van der Waals surface area contributed by atoms with Crippen molar-refractivity contribution in [1.29, 1.82) is 0 Å². The van der Waals surface area contributed by atoms with Crippen LogP contribution in [0, 0.1) is 5.92 Å². The van der Waals surface area contributed by atoms with Crippen LogP contribution >= 0.6 is 24.0 Å². The topological polar surface area (TPSA) is 56.7 Å². The molecule has 0 radical (unpaired) electrons. The van der Waals surface area contributed by atoms with Crippen LogP contribution in [0.25, 0.3) is 0 Å². The molecule has 0 atom stereocenters. The van der Waals surface area contributed by atoms with Gasteiger partial charge >= 0.3 is 0 Å². The third-order valence-electron chi connectivity index (χ3n) is 4.38. The van der Waals surface area contributed by atoms with Crippen molar-refractivity contribution in [2.24, 2.45) is 10.9 Å². The van der Waals surface area contributed by atoms with Gasteiger partial charge in [0.05, 0.1) is 6.54 Å². The number of likely N-dealkylation sites (tertiary alicyclic amines) is 1. The molecule has 0 saturated carbocycles. The molecule has 1 aliphatic heterocycles. The molecule has 1 aromatic rings. The van der Waals surface area contributed by atoms with E-state index in [1.807, 2.05) is 4.90 Å². The van der Waals surface area contributed by atoms with Crippen LogP contribution in [-0.4, -0.2) is 50.0 Å². The Morgan fingerprint density at radius 2 is 1.96 bits per heavy atom. The predicted octanol–water partition coefficient (Wildman–Crippen LogP) is 2.44. The fourth-order valence-corrected chi connectivity index (χ4v) is 2.99. The minimum Gasteiger partial charge on any atom is -0.353 e. The number of carbonyl (C=O) groups excluding carboxylic acids is 1. The minimum atomic E-state index is 0. The van der Waals surface area contributed by atoms with Crippen LogP contribution in [0.5, 0.6) is 0 Å². The van der Waals surface area contributed by atoms with Gasteiger partial charge in [0.25, 0.3) is 0 Å². The van der Waals surface area contributed by atoms with Gasteiger partial charge in [0.15, 0.2) is 5.96 Å². The zero-order valence-corrected chi connectivity index (χ0v) is 17.2. The van der Waals surface area contributed by atoms with E-state index in [-0.39, 0.29) is 36.4 Å². The lowest BCUT2D eigenvalue weighted by molar-refractivity contribution is -0.131. The molecule has 1 fully saturated rings. The number of rotatable bonds is 6. The van der Waals surface area contributed by atoms with Gasteiger partial charge in [-0.1, -0.05) is 36.4 Å². The van der Waals surface area contributed by atoms with Gasteiger partial charge in [0, 0.05) is 26.7 Å². The summed E-state index contributed by atoms with van der Waals surface area (Å²) >= 11 is 0. The van der Waals surface area contributed by atoms with Gasteiger partial charge in [-0.25, -0.2) is 0 Å². The van der Waals surface area contributed by atoms with Gasteiger partial charge in [-0.2, -0.15) is 0 Å². The molecule has 0 spiro atoms. The van der Waals surface area contributed by atoms with Crippen LogP contribution in [0.2, 0.25) is 0 Å². The van der Waals surface area contributed by atoms with E-state index in [1.54, 1.807) is 13.1 Å². The van der Waals surface area contributed by atoms with Gasteiger partial charge in [0.2, 0.25) is 5.91 Å². The first-order valence-corrected chi connectivity index (χ1v) is 8.60. The summed E-state index contributed by atoms with van der Waals surface area (Å²) in [5.41, 5.74) is 1.39. The highest BCUT2D eigenvalue weighted by atomic mass is 127. The van der Waals surface area contributed by atoms with Crippen molar-refractivity contribution in [2.45, 2.75) is 19.3 Å². The molecule has 1 aliphatic rings. The molecule has 5 nitrogen and oxygen atoms in total. The standard InChI is InChI=1S/C19H28N4O.HI/c1-3-11-21-19(20-2)22-15-18(24)23-12-9-17(10-13-23)14-16-7-5-4-6-8-16;/h3-8,17H,1,9-15H2,2H3,(H2,20,21,22);1H. The molecule has 0 aliphatic carbocycles. The van der Waals surface area contributed by atoms with E-state index in [2.05, 4.69) is 52.5 Å². The molecule has 0 unspecified atom stereocenters. The molecule has 0 aromatic heterocycles. The van der Waals surface area contributed by atoms with Crippen LogP contribution in [0.3, 0.4) is 0 Å². The molecule has 1 amide bonds. The smallest absolute Gasteiger partial charge is 0.241 e. The first-order valence-electron chi connectivity index (χ1n) is 8.60. The van der Waals surface area contributed by atoms with Crippen LogP contribution in [0.1, 0.15) is 18.4 Å². The lowest BCUT2D eigenvalue weighted by Crippen LogP contribution is -2.47. The van der Waals surface area contributed by atoms with Crippen LogP contribution in [0.15, 0.2) is 48.0 Å². The molecule has 2 N–H and O–H groups in total. The monoisotopic (exact) mass is 456 g/mol. The van der Waals surface area contributed by atoms with Crippen molar-refractivity contribution in [1.82, 2.24) is 15.5 Å².